The highest BCUT2D eigenvalue weighted by atomic mass is 19.1. The monoisotopic (exact) mass is 236 g/mol. The van der Waals surface area contributed by atoms with Gasteiger partial charge in [0, 0.05) is 0 Å². The molecule has 1 unspecified atom stereocenters. The molecule has 2 rings (SSSR count). The van der Waals surface area contributed by atoms with E-state index in [1.165, 1.54) is 12.1 Å². The van der Waals surface area contributed by atoms with Crippen LogP contribution in [0.2, 0.25) is 0 Å². The van der Waals surface area contributed by atoms with Crippen molar-refractivity contribution in [1.82, 2.24) is 20.4 Å². The van der Waals surface area contributed by atoms with Gasteiger partial charge in [-0.3, -0.25) is 0 Å². The molecule has 2 heterocycles. The van der Waals surface area contributed by atoms with E-state index in [0.29, 0.717) is 17.4 Å². The van der Waals surface area contributed by atoms with Gasteiger partial charge in [0.25, 0.3) is 0 Å². The molecule has 6 heteroatoms. The molecular formula is C11H13FN4O. The number of pyridine rings is 1. The molecule has 0 saturated heterocycles. The van der Waals surface area contributed by atoms with Gasteiger partial charge in [-0.1, -0.05) is 12.1 Å². The van der Waals surface area contributed by atoms with Crippen LogP contribution in [0.25, 0.3) is 11.5 Å². The Balaban J connectivity index is 2.26. The minimum absolute atomic E-state index is 0.0247. The molecule has 0 amide bonds. The number of nitrogens with one attached hydrogen (secondary N) is 1. The summed E-state index contributed by atoms with van der Waals surface area (Å²) in [5, 5.41) is 6.89. The fraction of sp³-hybridized carbons (Fsp3) is 0.364. The topological polar surface area (TPSA) is 63.8 Å². The summed E-state index contributed by atoms with van der Waals surface area (Å²) in [5.74, 6) is 0.490. The number of halogens is 1. The predicted octanol–water partition coefficient (Wildman–Crippen LogP) is 1.94. The zero-order valence-corrected chi connectivity index (χ0v) is 9.64. The largest absolute Gasteiger partial charge is 0.337 e. The number of hydrogen-bond donors (Lipinski definition) is 1. The molecule has 0 fully saturated rings. The van der Waals surface area contributed by atoms with E-state index in [0.717, 1.165) is 12.6 Å². The van der Waals surface area contributed by atoms with Gasteiger partial charge in [0.05, 0.1) is 12.2 Å². The Bertz CT molecular complexity index is 478. The highest BCUT2D eigenvalue weighted by Crippen LogP contribution is 2.18. The lowest BCUT2D eigenvalue weighted by Gasteiger charge is -2.06. The molecule has 1 N–H and O–H groups in total. The zero-order chi connectivity index (χ0) is 12.3. The molecule has 0 saturated carbocycles. The van der Waals surface area contributed by atoms with Gasteiger partial charge in [0.15, 0.2) is 0 Å². The Hall–Kier alpha value is -1.82. The molecule has 0 aliphatic carbocycles. The molecule has 0 bridgehead atoms. The summed E-state index contributed by atoms with van der Waals surface area (Å²) in [6.45, 7) is 2.02. The number of nitrogens with zero attached hydrogens (tertiary/aromatic N) is 3. The minimum Gasteiger partial charge on any atom is -0.337 e. The van der Waals surface area contributed by atoms with Gasteiger partial charge in [-0.05, 0) is 25.6 Å². The van der Waals surface area contributed by atoms with Crippen molar-refractivity contribution in [3.63, 3.8) is 0 Å². The molecular weight excluding hydrogens is 223 g/mol. The molecule has 0 aliphatic heterocycles. The first-order valence-electron chi connectivity index (χ1n) is 5.37. The van der Waals surface area contributed by atoms with Crippen LogP contribution in [0.3, 0.4) is 0 Å². The van der Waals surface area contributed by atoms with Gasteiger partial charge >= 0.3 is 0 Å². The van der Waals surface area contributed by atoms with Gasteiger partial charge in [0.2, 0.25) is 11.7 Å². The molecule has 0 radical (unpaired) electrons. The third kappa shape index (κ3) is 2.47. The van der Waals surface area contributed by atoms with Crippen molar-refractivity contribution in [3.8, 4) is 11.5 Å². The van der Waals surface area contributed by atoms with Crippen molar-refractivity contribution in [2.45, 2.75) is 19.4 Å². The van der Waals surface area contributed by atoms with E-state index >= 15 is 0 Å². The molecule has 2 aromatic heterocycles. The van der Waals surface area contributed by atoms with Crippen molar-refractivity contribution in [2.75, 3.05) is 7.05 Å². The second-order valence-electron chi connectivity index (χ2n) is 3.57. The third-order valence-corrected chi connectivity index (χ3v) is 2.45. The average molecular weight is 236 g/mol. The maximum atomic E-state index is 12.7. The lowest BCUT2D eigenvalue weighted by molar-refractivity contribution is 0.334. The maximum absolute atomic E-state index is 12.7. The molecule has 5 nitrogen and oxygen atoms in total. The van der Waals surface area contributed by atoms with Crippen LogP contribution in [0.4, 0.5) is 4.39 Å². The van der Waals surface area contributed by atoms with Crippen LogP contribution in [0.5, 0.6) is 0 Å². The maximum Gasteiger partial charge on any atom is 0.244 e. The molecule has 0 aromatic carbocycles. The summed E-state index contributed by atoms with van der Waals surface area (Å²) in [6.07, 6.45) is 1.97. The molecule has 0 aliphatic rings. The Morgan fingerprint density at radius 3 is 2.88 bits per heavy atom. The molecule has 0 spiro atoms. The van der Waals surface area contributed by atoms with Crippen LogP contribution < -0.4 is 5.32 Å². The Kier molecular flexibility index (Phi) is 3.43. The van der Waals surface area contributed by atoms with E-state index in [2.05, 4.69) is 20.4 Å². The fourth-order valence-corrected chi connectivity index (χ4v) is 1.49. The summed E-state index contributed by atoms with van der Waals surface area (Å²) in [4.78, 5) is 8.12. The Morgan fingerprint density at radius 2 is 2.29 bits per heavy atom. The lowest BCUT2D eigenvalue weighted by Crippen LogP contribution is -2.15. The van der Waals surface area contributed by atoms with E-state index in [1.807, 2.05) is 14.0 Å². The first-order chi connectivity index (χ1) is 8.24. The summed E-state index contributed by atoms with van der Waals surface area (Å²) in [7, 11) is 1.83. The third-order valence-electron chi connectivity index (χ3n) is 2.45. The SMILES string of the molecule is CCC(NC)c1nc(-c2ccc(F)cn2)no1. The molecule has 1 atom stereocenters. The van der Waals surface area contributed by atoms with Crippen LogP contribution in [0.15, 0.2) is 22.9 Å². The van der Waals surface area contributed by atoms with E-state index in [1.54, 1.807) is 0 Å². The van der Waals surface area contributed by atoms with E-state index in [9.17, 15) is 4.39 Å². The van der Waals surface area contributed by atoms with Crippen molar-refractivity contribution in [3.05, 3.63) is 30.0 Å². The quantitative estimate of drug-likeness (QED) is 0.878. The first-order valence-corrected chi connectivity index (χ1v) is 5.37. The zero-order valence-electron chi connectivity index (χ0n) is 9.64. The Labute approximate surface area is 98.1 Å². The molecule has 90 valence electrons. The first kappa shape index (κ1) is 11.7. The van der Waals surface area contributed by atoms with E-state index in [4.69, 9.17) is 4.52 Å². The second kappa shape index (κ2) is 5.01. The normalized spacial score (nSPS) is 12.6. The summed E-state index contributed by atoms with van der Waals surface area (Å²) < 4.78 is 17.8. The standard InChI is InChI=1S/C11H13FN4O/c1-3-8(13-2)11-15-10(16-17-11)9-5-4-7(12)6-14-9/h4-6,8,13H,3H2,1-2H3. The molecule has 17 heavy (non-hydrogen) atoms. The van der Waals surface area contributed by atoms with Gasteiger partial charge in [-0.2, -0.15) is 4.98 Å². The van der Waals surface area contributed by atoms with Crippen molar-refractivity contribution < 1.29 is 8.91 Å². The van der Waals surface area contributed by atoms with Gasteiger partial charge in [-0.25, -0.2) is 9.37 Å². The van der Waals surface area contributed by atoms with Crippen LogP contribution in [-0.2, 0) is 0 Å². The minimum atomic E-state index is -0.390. The van der Waals surface area contributed by atoms with E-state index in [-0.39, 0.29) is 11.9 Å². The van der Waals surface area contributed by atoms with Gasteiger partial charge < -0.3 is 9.84 Å². The van der Waals surface area contributed by atoms with Crippen LogP contribution in [0, 0.1) is 5.82 Å². The highest BCUT2D eigenvalue weighted by Gasteiger charge is 2.16. The number of rotatable bonds is 4. The summed E-state index contributed by atoms with van der Waals surface area (Å²) in [6, 6.07) is 2.86. The average Bonchev–Trinajstić information content (AvgIpc) is 2.81. The van der Waals surface area contributed by atoms with Crippen molar-refractivity contribution >= 4 is 0 Å². The fourth-order valence-electron chi connectivity index (χ4n) is 1.49. The summed E-state index contributed by atoms with van der Waals surface area (Å²) >= 11 is 0. The lowest BCUT2D eigenvalue weighted by atomic mass is 10.2. The van der Waals surface area contributed by atoms with Crippen LogP contribution in [0.1, 0.15) is 25.3 Å². The molecule has 2 aromatic rings. The van der Waals surface area contributed by atoms with Gasteiger partial charge in [0.1, 0.15) is 11.5 Å². The van der Waals surface area contributed by atoms with Crippen LogP contribution >= 0.6 is 0 Å². The summed E-state index contributed by atoms with van der Waals surface area (Å²) in [5.41, 5.74) is 0.493. The van der Waals surface area contributed by atoms with Crippen LogP contribution in [-0.4, -0.2) is 22.2 Å². The van der Waals surface area contributed by atoms with E-state index < -0.39 is 0 Å². The van der Waals surface area contributed by atoms with Crippen molar-refractivity contribution in [1.29, 1.82) is 0 Å². The van der Waals surface area contributed by atoms with Crippen molar-refractivity contribution in [2.24, 2.45) is 0 Å². The number of aromatic nitrogens is 3. The number of hydrogen-bond acceptors (Lipinski definition) is 5. The second-order valence-corrected chi connectivity index (χ2v) is 3.57. The predicted molar refractivity (Wildman–Crippen MR) is 59.6 cm³/mol. The van der Waals surface area contributed by atoms with Gasteiger partial charge in [-0.15, -0.1) is 0 Å². The highest BCUT2D eigenvalue weighted by molar-refractivity contribution is 5.47. The smallest absolute Gasteiger partial charge is 0.244 e. The Morgan fingerprint density at radius 1 is 1.47 bits per heavy atom.